The Kier molecular flexibility index (Phi) is 6.12. The summed E-state index contributed by atoms with van der Waals surface area (Å²) in [6, 6.07) is -0.0202. The quantitative estimate of drug-likeness (QED) is 0.734. The Morgan fingerprint density at radius 3 is 2.16 bits per heavy atom. The molecule has 0 radical (unpaired) electrons. The van der Waals surface area contributed by atoms with E-state index in [9.17, 15) is 9.59 Å². The molecule has 0 aromatic rings. The fraction of sp³-hybridized carbons (Fsp3) is 0.857. The first-order valence-electron chi connectivity index (χ1n) is 7.19. The number of carbonyl (C=O) groups is 2. The van der Waals surface area contributed by atoms with Crippen LogP contribution in [0.3, 0.4) is 0 Å². The van der Waals surface area contributed by atoms with Gasteiger partial charge in [0, 0.05) is 12.6 Å². The first-order valence-corrected chi connectivity index (χ1v) is 7.19. The van der Waals surface area contributed by atoms with E-state index < -0.39 is 11.4 Å². The smallest absolute Gasteiger partial charge is 0.315 e. The Hall–Kier alpha value is -1.26. The fourth-order valence-corrected chi connectivity index (χ4v) is 2.21. The molecule has 1 aliphatic carbocycles. The molecule has 19 heavy (non-hydrogen) atoms. The minimum atomic E-state index is -0.932. The number of hydrogen-bond donors (Lipinski definition) is 3. The molecule has 1 rings (SSSR count). The van der Waals surface area contributed by atoms with Gasteiger partial charge in [-0.2, -0.15) is 0 Å². The molecule has 0 spiro atoms. The van der Waals surface area contributed by atoms with E-state index in [0.29, 0.717) is 0 Å². The maximum Gasteiger partial charge on any atom is 0.315 e. The Labute approximate surface area is 115 Å². The summed E-state index contributed by atoms with van der Waals surface area (Å²) in [6.07, 6.45) is 8.14. The fourth-order valence-electron chi connectivity index (χ4n) is 2.21. The second-order valence-corrected chi connectivity index (χ2v) is 6.06. The lowest BCUT2D eigenvalue weighted by Crippen LogP contribution is -2.46. The minimum absolute atomic E-state index is 0.140. The second kappa shape index (κ2) is 7.36. The zero-order valence-electron chi connectivity index (χ0n) is 12.0. The van der Waals surface area contributed by atoms with E-state index >= 15 is 0 Å². The van der Waals surface area contributed by atoms with E-state index in [4.69, 9.17) is 5.11 Å². The molecule has 0 aromatic carbocycles. The molecule has 0 atom stereocenters. The summed E-state index contributed by atoms with van der Waals surface area (Å²) in [7, 11) is 0. The highest BCUT2D eigenvalue weighted by Gasteiger charge is 2.27. The topological polar surface area (TPSA) is 78.4 Å². The van der Waals surface area contributed by atoms with Crippen LogP contribution in [0, 0.1) is 5.41 Å². The molecule has 5 heteroatoms. The summed E-state index contributed by atoms with van der Waals surface area (Å²) in [6.45, 7) is 3.34. The molecule has 1 saturated carbocycles. The first-order chi connectivity index (χ1) is 8.92. The van der Waals surface area contributed by atoms with Crippen molar-refractivity contribution in [3.8, 4) is 0 Å². The zero-order valence-corrected chi connectivity index (χ0v) is 12.0. The van der Waals surface area contributed by atoms with Crippen molar-refractivity contribution in [1.29, 1.82) is 0 Å². The van der Waals surface area contributed by atoms with Gasteiger partial charge in [-0.05, 0) is 26.7 Å². The van der Waals surface area contributed by atoms with Gasteiger partial charge in [-0.15, -0.1) is 0 Å². The average Bonchev–Trinajstić information content (AvgIpc) is 2.30. The van der Waals surface area contributed by atoms with Crippen molar-refractivity contribution in [2.45, 2.75) is 64.8 Å². The predicted octanol–water partition coefficient (Wildman–Crippen LogP) is 2.51. The lowest BCUT2D eigenvalue weighted by atomic mass is 9.94. The van der Waals surface area contributed by atoms with Crippen LogP contribution in [0.4, 0.5) is 4.79 Å². The van der Waals surface area contributed by atoms with Gasteiger partial charge in [-0.3, -0.25) is 4.79 Å². The summed E-state index contributed by atoms with van der Waals surface area (Å²) >= 11 is 0. The molecule has 0 aromatic heterocycles. The van der Waals surface area contributed by atoms with Gasteiger partial charge >= 0.3 is 12.0 Å². The summed E-state index contributed by atoms with van der Waals surface area (Å²) in [4.78, 5) is 22.7. The molecular weight excluding hydrogens is 244 g/mol. The maximum absolute atomic E-state index is 11.8. The van der Waals surface area contributed by atoms with Crippen LogP contribution in [0.15, 0.2) is 0 Å². The summed E-state index contributed by atoms with van der Waals surface area (Å²) in [5, 5.41) is 14.6. The first kappa shape index (κ1) is 15.8. The molecule has 0 saturated heterocycles. The minimum Gasteiger partial charge on any atom is -0.481 e. The van der Waals surface area contributed by atoms with Crippen LogP contribution < -0.4 is 10.6 Å². The monoisotopic (exact) mass is 270 g/mol. The third-order valence-corrected chi connectivity index (χ3v) is 3.71. The van der Waals surface area contributed by atoms with Crippen molar-refractivity contribution in [3.63, 3.8) is 0 Å². The van der Waals surface area contributed by atoms with Crippen molar-refractivity contribution in [2.24, 2.45) is 5.41 Å². The molecule has 0 bridgehead atoms. The highest BCUT2D eigenvalue weighted by atomic mass is 16.4. The van der Waals surface area contributed by atoms with E-state index in [-0.39, 0.29) is 18.6 Å². The largest absolute Gasteiger partial charge is 0.481 e. The molecule has 0 unspecified atom stereocenters. The Morgan fingerprint density at radius 2 is 1.63 bits per heavy atom. The van der Waals surface area contributed by atoms with Gasteiger partial charge in [0.15, 0.2) is 0 Å². The van der Waals surface area contributed by atoms with Crippen LogP contribution in [0.25, 0.3) is 0 Å². The standard InChI is InChI=1S/C14H26N2O3/c1-14(2,12(17)18)10-15-13(19)16-11-8-6-4-3-5-7-9-11/h11H,3-10H2,1-2H3,(H,17,18)(H2,15,16,19). The molecule has 110 valence electrons. The molecule has 0 heterocycles. The molecule has 2 amide bonds. The molecular formula is C14H26N2O3. The third-order valence-electron chi connectivity index (χ3n) is 3.71. The van der Waals surface area contributed by atoms with Crippen LogP contribution in [0.2, 0.25) is 0 Å². The number of amides is 2. The highest BCUT2D eigenvalue weighted by Crippen LogP contribution is 2.17. The number of carboxylic acids is 1. The van der Waals surface area contributed by atoms with E-state index in [1.54, 1.807) is 13.8 Å². The van der Waals surface area contributed by atoms with E-state index in [2.05, 4.69) is 10.6 Å². The molecule has 5 nitrogen and oxygen atoms in total. The normalized spacial score (nSPS) is 18.2. The Balaban J connectivity index is 2.31. The highest BCUT2D eigenvalue weighted by molar-refractivity contribution is 5.77. The van der Waals surface area contributed by atoms with Gasteiger partial charge in [0.1, 0.15) is 0 Å². The van der Waals surface area contributed by atoms with Crippen molar-refractivity contribution in [2.75, 3.05) is 6.54 Å². The Bertz CT molecular complexity index is 308. The van der Waals surface area contributed by atoms with Crippen molar-refractivity contribution < 1.29 is 14.7 Å². The van der Waals surface area contributed by atoms with Crippen LogP contribution in [0.1, 0.15) is 58.8 Å². The van der Waals surface area contributed by atoms with Crippen LogP contribution >= 0.6 is 0 Å². The van der Waals surface area contributed by atoms with E-state index in [1.165, 1.54) is 19.3 Å². The lowest BCUT2D eigenvalue weighted by molar-refractivity contribution is -0.146. The number of aliphatic carboxylic acids is 1. The van der Waals surface area contributed by atoms with Crippen LogP contribution in [0.5, 0.6) is 0 Å². The van der Waals surface area contributed by atoms with Crippen molar-refractivity contribution in [1.82, 2.24) is 10.6 Å². The van der Waals surface area contributed by atoms with Crippen molar-refractivity contribution >= 4 is 12.0 Å². The second-order valence-electron chi connectivity index (χ2n) is 6.06. The zero-order chi connectivity index (χ0) is 14.3. The predicted molar refractivity (Wildman–Crippen MR) is 74.1 cm³/mol. The summed E-state index contributed by atoms with van der Waals surface area (Å²) < 4.78 is 0. The van der Waals surface area contributed by atoms with Crippen molar-refractivity contribution in [3.05, 3.63) is 0 Å². The SMILES string of the molecule is CC(C)(CNC(=O)NC1CCCCCCC1)C(=O)O. The van der Waals surface area contributed by atoms with Gasteiger partial charge < -0.3 is 15.7 Å². The lowest BCUT2D eigenvalue weighted by Gasteiger charge is -2.23. The summed E-state index contributed by atoms with van der Waals surface area (Å²) in [5.41, 5.74) is -0.932. The maximum atomic E-state index is 11.8. The summed E-state index contributed by atoms with van der Waals surface area (Å²) in [5.74, 6) is -0.904. The van der Waals surface area contributed by atoms with Crippen LogP contribution in [-0.4, -0.2) is 29.7 Å². The van der Waals surface area contributed by atoms with Gasteiger partial charge in [0.2, 0.25) is 0 Å². The Morgan fingerprint density at radius 1 is 1.11 bits per heavy atom. The van der Waals surface area contributed by atoms with Gasteiger partial charge in [0.05, 0.1) is 5.41 Å². The molecule has 0 aliphatic heterocycles. The number of rotatable bonds is 4. The number of nitrogens with one attached hydrogen (secondary N) is 2. The van der Waals surface area contributed by atoms with Crippen LogP contribution in [-0.2, 0) is 4.79 Å². The van der Waals surface area contributed by atoms with E-state index in [1.807, 2.05) is 0 Å². The van der Waals surface area contributed by atoms with Gasteiger partial charge in [0.25, 0.3) is 0 Å². The molecule has 1 aliphatic rings. The molecule has 1 fully saturated rings. The van der Waals surface area contributed by atoms with Gasteiger partial charge in [-0.25, -0.2) is 4.79 Å². The number of hydrogen-bond acceptors (Lipinski definition) is 2. The third kappa shape index (κ3) is 5.94. The average molecular weight is 270 g/mol. The molecule has 3 N–H and O–H groups in total. The number of carbonyl (C=O) groups excluding carboxylic acids is 1. The number of carboxylic acid groups (broad SMARTS) is 1. The van der Waals surface area contributed by atoms with Gasteiger partial charge in [-0.1, -0.05) is 32.1 Å². The van der Waals surface area contributed by atoms with E-state index in [0.717, 1.165) is 25.7 Å². The number of urea groups is 1.